The van der Waals surface area contributed by atoms with Gasteiger partial charge in [0, 0.05) is 53.4 Å². The standard InChI is InChI=1S/C29H24N2O3/c1-18-25(31(2)3)15-14-23-27(18)33-26-16-13-20(30-19-9-5-4-6-10-19)17-24(26)29(23)22-12-8-7-11-21(22)28(32)34-29/h4-17,30H,1-3H3. The largest absolute Gasteiger partial charge is 0.456 e. The Bertz CT molecular complexity index is 1450. The first kappa shape index (κ1) is 20.4. The lowest BCUT2D eigenvalue weighted by molar-refractivity contribution is 0.0224. The molecular weight excluding hydrogens is 424 g/mol. The summed E-state index contributed by atoms with van der Waals surface area (Å²) < 4.78 is 12.8. The number of carbonyl (C=O) groups excluding carboxylic acids is 1. The highest BCUT2D eigenvalue weighted by Crippen LogP contribution is 2.58. The van der Waals surface area contributed by atoms with E-state index < -0.39 is 5.60 Å². The maximum absolute atomic E-state index is 13.1. The minimum Gasteiger partial charge on any atom is -0.456 e. The zero-order valence-corrected chi connectivity index (χ0v) is 19.3. The zero-order valence-electron chi connectivity index (χ0n) is 19.3. The lowest BCUT2D eigenvalue weighted by Crippen LogP contribution is -2.33. The van der Waals surface area contributed by atoms with Crippen LogP contribution in [0.4, 0.5) is 17.1 Å². The number of para-hydroxylation sites is 1. The van der Waals surface area contributed by atoms with Crippen LogP contribution in [0, 0.1) is 6.92 Å². The number of benzene rings is 4. The summed E-state index contributed by atoms with van der Waals surface area (Å²) in [5.74, 6) is 1.08. The molecule has 0 aromatic heterocycles. The first-order valence-corrected chi connectivity index (χ1v) is 11.3. The Hall–Kier alpha value is -4.25. The monoisotopic (exact) mass is 448 g/mol. The van der Waals surface area contributed by atoms with Crippen LogP contribution in [0.3, 0.4) is 0 Å². The van der Waals surface area contributed by atoms with Gasteiger partial charge in [0.2, 0.25) is 0 Å². The molecule has 4 aromatic carbocycles. The topological polar surface area (TPSA) is 50.8 Å². The van der Waals surface area contributed by atoms with Crippen molar-refractivity contribution in [3.8, 4) is 11.5 Å². The summed E-state index contributed by atoms with van der Waals surface area (Å²) in [4.78, 5) is 15.2. The van der Waals surface area contributed by atoms with Gasteiger partial charge in [-0.25, -0.2) is 4.79 Å². The summed E-state index contributed by atoms with van der Waals surface area (Å²) in [5, 5.41) is 3.45. The third kappa shape index (κ3) is 2.83. The summed E-state index contributed by atoms with van der Waals surface area (Å²) in [6.45, 7) is 2.04. The van der Waals surface area contributed by atoms with Crippen LogP contribution in [0.25, 0.3) is 0 Å². The number of fused-ring (bicyclic) bond motifs is 6. The van der Waals surface area contributed by atoms with Gasteiger partial charge in [-0.05, 0) is 55.5 Å². The smallest absolute Gasteiger partial charge is 0.340 e. The summed E-state index contributed by atoms with van der Waals surface area (Å²) in [6, 6.07) is 27.6. The molecule has 34 heavy (non-hydrogen) atoms. The fourth-order valence-electron chi connectivity index (χ4n) is 5.11. The van der Waals surface area contributed by atoms with E-state index in [1.54, 1.807) is 0 Å². The van der Waals surface area contributed by atoms with Crippen molar-refractivity contribution in [3.05, 3.63) is 113 Å². The van der Waals surface area contributed by atoms with E-state index in [2.05, 4.69) is 16.3 Å². The number of hydrogen-bond donors (Lipinski definition) is 1. The molecule has 5 nitrogen and oxygen atoms in total. The fourth-order valence-corrected chi connectivity index (χ4v) is 5.11. The summed E-state index contributed by atoms with van der Waals surface area (Å²) in [7, 11) is 4.02. The van der Waals surface area contributed by atoms with Gasteiger partial charge < -0.3 is 19.7 Å². The molecule has 2 aliphatic heterocycles. The van der Waals surface area contributed by atoms with Crippen molar-refractivity contribution in [1.82, 2.24) is 0 Å². The maximum atomic E-state index is 13.1. The van der Waals surface area contributed by atoms with Crippen molar-refractivity contribution in [2.75, 3.05) is 24.3 Å². The molecule has 1 atom stereocenters. The molecule has 1 spiro atoms. The highest BCUT2D eigenvalue weighted by atomic mass is 16.6. The van der Waals surface area contributed by atoms with E-state index in [1.807, 2.05) is 99.9 Å². The van der Waals surface area contributed by atoms with Gasteiger partial charge in [-0.3, -0.25) is 0 Å². The van der Waals surface area contributed by atoms with Crippen LogP contribution in [0.15, 0.2) is 84.9 Å². The molecule has 4 aromatic rings. The van der Waals surface area contributed by atoms with Crippen molar-refractivity contribution in [2.24, 2.45) is 0 Å². The zero-order chi connectivity index (χ0) is 23.4. The van der Waals surface area contributed by atoms with Crippen LogP contribution in [0.2, 0.25) is 0 Å². The summed E-state index contributed by atoms with van der Waals surface area (Å²) >= 11 is 0. The van der Waals surface area contributed by atoms with Crippen LogP contribution in [0.5, 0.6) is 11.5 Å². The van der Waals surface area contributed by atoms with Crippen LogP contribution in [0.1, 0.15) is 32.6 Å². The van der Waals surface area contributed by atoms with Crippen molar-refractivity contribution in [2.45, 2.75) is 12.5 Å². The van der Waals surface area contributed by atoms with Crippen molar-refractivity contribution < 1.29 is 14.3 Å². The van der Waals surface area contributed by atoms with E-state index in [-0.39, 0.29) is 5.97 Å². The Labute approximate surface area is 198 Å². The quantitative estimate of drug-likeness (QED) is 0.369. The van der Waals surface area contributed by atoms with Crippen molar-refractivity contribution in [3.63, 3.8) is 0 Å². The highest BCUT2D eigenvalue weighted by Gasteiger charge is 2.54. The third-order valence-corrected chi connectivity index (χ3v) is 6.64. The van der Waals surface area contributed by atoms with Crippen LogP contribution in [-0.2, 0) is 10.3 Å². The minimum absolute atomic E-state index is 0.329. The Morgan fingerprint density at radius 2 is 1.56 bits per heavy atom. The first-order chi connectivity index (χ1) is 16.5. The van der Waals surface area contributed by atoms with Gasteiger partial charge in [0.25, 0.3) is 0 Å². The molecule has 0 saturated heterocycles. The van der Waals surface area contributed by atoms with Gasteiger partial charge in [-0.2, -0.15) is 0 Å². The maximum Gasteiger partial charge on any atom is 0.340 e. The van der Waals surface area contributed by atoms with Crippen LogP contribution < -0.4 is 15.0 Å². The van der Waals surface area contributed by atoms with Gasteiger partial charge in [0.15, 0.2) is 5.60 Å². The second kappa shape index (κ2) is 7.39. The van der Waals surface area contributed by atoms with E-state index in [0.717, 1.165) is 45.1 Å². The lowest BCUT2D eigenvalue weighted by atomic mass is 9.77. The number of ether oxygens (including phenoxy) is 2. The normalized spacial score (nSPS) is 17.3. The van der Waals surface area contributed by atoms with E-state index in [1.165, 1.54) is 0 Å². The molecule has 0 amide bonds. The molecule has 5 heteroatoms. The molecule has 2 aliphatic rings. The number of esters is 1. The molecular formula is C29H24N2O3. The van der Waals surface area contributed by atoms with Crippen LogP contribution in [-0.4, -0.2) is 20.1 Å². The molecule has 0 saturated carbocycles. The SMILES string of the molecule is Cc1c(N(C)C)ccc2c1Oc1ccc(Nc3ccccc3)cc1C21OC(=O)c2ccccc21. The Morgan fingerprint density at radius 3 is 2.35 bits per heavy atom. The Morgan fingerprint density at radius 1 is 0.794 bits per heavy atom. The molecule has 0 aliphatic carbocycles. The molecule has 1 unspecified atom stereocenters. The number of anilines is 3. The van der Waals surface area contributed by atoms with Gasteiger partial charge >= 0.3 is 5.97 Å². The van der Waals surface area contributed by atoms with Gasteiger partial charge in [-0.15, -0.1) is 0 Å². The van der Waals surface area contributed by atoms with E-state index >= 15 is 0 Å². The number of nitrogens with zero attached hydrogens (tertiary/aromatic N) is 1. The first-order valence-electron chi connectivity index (χ1n) is 11.3. The lowest BCUT2D eigenvalue weighted by Gasteiger charge is -2.38. The summed E-state index contributed by atoms with van der Waals surface area (Å²) in [6.07, 6.45) is 0. The minimum atomic E-state index is -1.08. The second-order valence-corrected chi connectivity index (χ2v) is 8.90. The van der Waals surface area contributed by atoms with Gasteiger partial charge in [0.1, 0.15) is 11.5 Å². The fraction of sp³-hybridized carbons (Fsp3) is 0.138. The number of rotatable bonds is 3. The van der Waals surface area contributed by atoms with Gasteiger partial charge in [0.05, 0.1) is 5.56 Å². The third-order valence-electron chi connectivity index (χ3n) is 6.64. The molecule has 168 valence electrons. The molecule has 6 rings (SSSR count). The highest BCUT2D eigenvalue weighted by molar-refractivity contribution is 5.97. The number of nitrogens with one attached hydrogen (secondary N) is 1. The average Bonchev–Trinajstić information content (AvgIpc) is 3.14. The van der Waals surface area contributed by atoms with E-state index in [0.29, 0.717) is 11.3 Å². The molecule has 1 N–H and O–H groups in total. The predicted molar refractivity (Wildman–Crippen MR) is 133 cm³/mol. The van der Waals surface area contributed by atoms with Crippen molar-refractivity contribution in [1.29, 1.82) is 0 Å². The number of hydrogen-bond acceptors (Lipinski definition) is 5. The number of carbonyl (C=O) groups is 1. The predicted octanol–water partition coefficient (Wildman–Crippen LogP) is 6.37. The Kier molecular flexibility index (Phi) is 4.42. The van der Waals surface area contributed by atoms with E-state index in [4.69, 9.17) is 9.47 Å². The Balaban J connectivity index is 1.61. The van der Waals surface area contributed by atoms with E-state index in [9.17, 15) is 4.79 Å². The molecule has 0 bridgehead atoms. The molecule has 0 fully saturated rings. The molecule has 0 radical (unpaired) electrons. The summed E-state index contributed by atoms with van der Waals surface area (Å²) in [5.41, 5.74) is 5.88. The van der Waals surface area contributed by atoms with Crippen molar-refractivity contribution >= 4 is 23.0 Å². The molecule has 2 heterocycles. The van der Waals surface area contributed by atoms with Crippen LogP contribution >= 0.6 is 0 Å². The van der Waals surface area contributed by atoms with Gasteiger partial charge in [-0.1, -0.05) is 36.4 Å². The average molecular weight is 449 g/mol. The second-order valence-electron chi connectivity index (χ2n) is 8.90.